The summed E-state index contributed by atoms with van der Waals surface area (Å²) in [5, 5.41) is 0. The first-order valence-electron chi connectivity index (χ1n) is 10.5. The second-order valence-corrected chi connectivity index (χ2v) is 8.60. The molecule has 2 saturated heterocycles. The van der Waals surface area contributed by atoms with Crippen LogP contribution >= 0.6 is 0 Å². The highest BCUT2D eigenvalue weighted by Crippen LogP contribution is 2.43. The summed E-state index contributed by atoms with van der Waals surface area (Å²) in [7, 11) is 0. The highest BCUT2D eigenvalue weighted by Gasteiger charge is 2.46. The van der Waals surface area contributed by atoms with E-state index in [1.54, 1.807) is 0 Å². The lowest BCUT2D eigenvalue weighted by molar-refractivity contribution is -0.264. The van der Waals surface area contributed by atoms with E-state index in [9.17, 15) is 0 Å². The summed E-state index contributed by atoms with van der Waals surface area (Å²) in [6.07, 6.45) is 9.22. The average molecular weight is 385 g/mol. The van der Waals surface area contributed by atoms with E-state index in [-0.39, 0.29) is 10.8 Å². The maximum atomic E-state index is 6.68. The normalized spacial score (nSPS) is 24.1. The van der Waals surface area contributed by atoms with Crippen molar-refractivity contribution < 1.29 is 18.9 Å². The van der Waals surface area contributed by atoms with Gasteiger partial charge in [-0.1, -0.05) is 62.4 Å². The maximum Gasteiger partial charge on any atom is 0.198 e. The molecular weight excluding hydrogens is 352 g/mol. The van der Waals surface area contributed by atoms with Gasteiger partial charge in [0.25, 0.3) is 0 Å². The molecule has 0 atom stereocenters. The van der Waals surface area contributed by atoms with Crippen LogP contribution in [-0.2, 0) is 18.9 Å². The highest BCUT2D eigenvalue weighted by molar-refractivity contribution is 5.73. The van der Waals surface area contributed by atoms with Crippen LogP contribution in [0.5, 0.6) is 0 Å². The lowest BCUT2D eigenvalue weighted by Crippen LogP contribution is -2.52. The molecule has 0 amide bonds. The van der Waals surface area contributed by atoms with Crippen LogP contribution in [0, 0.1) is 10.8 Å². The summed E-state index contributed by atoms with van der Waals surface area (Å²) in [5.74, 6) is -0.758. The van der Waals surface area contributed by atoms with Gasteiger partial charge in [-0.3, -0.25) is 0 Å². The topological polar surface area (TPSA) is 36.9 Å². The predicted molar refractivity (Wildman–Crippen MR) is 110 cm³/mol. The molecule has 0 unspecified atom stereocenters. The van der Waals surface area contributed by atoms with Gasteiger partial charge in [0, 0.05) is 22.8 Å². The minimum atomic E-state index is -0.758. The van der Waals surface area contributed by atoms with Crippen LogP contribution in [0.25, 0.3) is 5.57 Å². The minimum absolute atomic E-state index is 0.112. The van der Waals surface area contributed by atoms with Gasteiger partial charge in [0.1, 0.15) is 0 Å². The molecule has 2 heterocycles. The zero-order chi connectivity index (χ0) is 19.5. The van der Waals surface area contributed by atoms with Crippen molar-refractivity contribution in [3.63, 3.8) is 0 Å². The van der Waals surface area contributed by atoms with Crippen LogP contribution in [-0.4, -0.2) is 45.4 Å². The first-order valence-corrected chi connectivity index (χ1v) is 10.5. The molecule has 28 heavy (non-hydrogen) atoms. The molecule has 0 saturated carbocycles. The van der Waals surface area contributed by atoms with E-state index in [4.69, 9.17) is 18.9 Å². The molecule has 1 aliphatic carbocycles. The van der Waals surface area contributed by atoms with Gasteiger partial charge in [0.15, 0.2) is 5.79 Å². The molecule has 0 aromatic heterocycles. The lowest BCUT2D eigenvalue weighted by Gasteiger charge is -2.47. The first kappa shape index (κ1) is 19.8. The Balaban J connectivity index is 1.60. The molecule has 4 rings (SSSR count). The third kappa shape index (κ3) is 3.71. The first-order chi connectivity index (χ1) is 13.7. The van der Waals surface area contributed by atoms with Gasteiger partial charge in [0.05, 0.1) is 39.6 Å². The standard InChI is InChI=1S/C24H32O4/c1-3-22(14-25-15-22)18-27-24(28-19-23(4-2)16-26-17-23)13-9-8-12-21(24)20-10-6-5-7-11-20/h5-12H,3-4,13-19H2,1-2H3. The number of benzene rings is 1. The Morgan fingerprint density at radius 1 is 0.857 bits per heavy atom. The number of rotatable bonds is 9. The molecule has 0 radical (unpaired) electrons. The fourth-order valence-electron chi connectivity index (χ4n) is 3.97. The Hall–Kier alpha value is -1.46. The van der Waals surface area contributed by atoms with Crippen LogP contribution in [0.1, 0.15) is 38.7 Å². The second kappa shape index (κ2) is 8.11. The molecule has 4 heteroatoms. The average Bonchev–Trinajstić information content (AvgIpc) is 2.68. The van der Waals surface area contributed by atoms with Gasteiger partial charge in [-0.2, -0.15) is 0 Å². The Morgan fingerprint density at radius 3 is 1.89 bits per heavy atom. The molecule has 4 nitrogen and oxygen atoms in total. The zero-order valence-corrected chi connectivity index (χ0v) is 17.1. The zero-order valence-electron chi connectivity index (χ0n) is 17.1. The van der Waals surface area contributed by atoms with Crippen molar-refractivity contribution in [2.75, 3.05) is 39.6 Å². The molecule has 3 aliphatic rings. The van der Waals surface area contributed by atoms with Crippen molar-refractivity contribution in [2.24, 2.45) is 10.8 Å². The summed E-state index contributed by atoms with van der Waals surface area (Å²) in [5.41, 5.74) is 2.48. The van der Waals surface area contributed by atoms with E-state index < -0.39 is 5.79 Å². The van der Waals surface area contributed by atoms with Crippen LogP contribution in [0.2, 0.25) is 0 Å². The largest absolute Gasteiger partial charge is 0.380 e. The summed E-state index contributed by atoms with van der Waals surface area (Å²) in [4.78, 5) is 0. The molecule has 152 valence electrons. The molecule has 0 spiro atoms. The van der Waals surface area contributed by atoms with Gasteiger partial charge < -0.3 is 18.9 Å². The Labute approximate surface area is 168 Å². The van der Waals surface area contributed by atoms with Crippen LogP contribution in [0.3, 0.4) is 0 Å². The predicted octanol–water partition coefficient (Wildman–Crippen LogP) is 4.61. The quantitative estimate of drug-likeness (QED) is 0.583. The molecule has 0 bridgehead atoms. The second-order valence-electron chi connectivity index (χ2n) is 8.60. The van der Waals surface area contributed by atoms with Gasteiger partial charge >= 0.3 is 0 Å². The third-order valence-electron chi connectivity index (χ3n) is 6.64. The smallest absolute Gasteiger partial charge is 0.198 e. The Bertz CT molecular complexity index is 676. The number of ether oxygens (including phenoxy) is 4. The van der Waals surface area contributed by atoms with E-state index in [0.29, 0.717) is 13.2 Å². The van der Waals surface area contributed by atoms with Crippen LogP contribution in [0.15, 0.2) is 48.6 Å². The van der Waals surface area contributed by atoms with Crippen molar-refractivity contribution in [1.82, 2.24) is 0 Å². The number of allylic oxidation sites excluding steroid dienone is 2. The van der Waals surface area contributed by atoms with E-state index in [1.807, 2.05) is 6.07 Å². The molecular formula is C24H32O4. The summed E-state index contributed by atoms with van der Waals surface area (Å²) in [6.45, 7) is 8.81. The third-order valence-corrected chi connectivity index (χ3v) is 6.64. The monoisotopic (exact) mass is 384 g/mol. The molecule has 2 fully saturated rings. The van der Waals surface area contributed by atoms with E-state index in [1.165, 1.54) is 0 Å². The lowest BCUT2D eigenvalue weighted by atomic mass is 9.83. The van der Waals surface area contributed by atoms with E-state index in [0.717, 1.165) is 56.8 Å². The number of hydrogen-bond donors (Lipinski definition) is 0. The Kier molecular flexibility index (Phi) is 5.75. The molecule has 0 N–H and O–H groups in total. The maximum absolute atomic E-state index is 6.68. The summed E-state index contributed by atoms with van der Waals surface area (Å²) >= 11 is 0. The van der Waals surface area contributed by atoms with Gasteiger partial charge in [-0.15, -0.1) is 0 Å². The van der Waals surface area contributed by atoms with Crippen LogP contribution in [0.4, 0.5) is 0 Å². The van der Waals surface area contributed by atoms with Gasteiger partial charge in [-0.25, -0.2) is 0 Å². The van der Waals surface area contributed by atoms with Gasteiger partial charge in [-0.05, 0) is 18.4 Å². The van der Waals surface area contributed by atoms with Gasteiger partial charge in [0.2, 0.25) is 0 Å². The fraction of sp³-hybridized carbons (Fsp3) is 0.583. The summed E-state index contributed by atoms with van der Waals surface area (Å²) in [6, 6.07) is 10.5. The Morgan fingerprint density at radius 2 is 1.43 bits per heavy atom. The van der Waals surface area contributed by atoms with Crippen molar-refractivity contribution in [3.05, 3.63) is 54.1 Å². The fourth-order valence-corrected chi connectivity index (χ4v) is 3.97. The van der Waals surface area contributed by atoms with Crippen molar-refractivity contribution in [2.45, 2.75) is 38.9 Å². The molecule has 1 aromatic rings. The van der Waals surface area contributed by atoms with Crippen molar-refractivity contribution in [1.29, 1.82) is 0 Å². The highest BCUT2D eigenvalue weighted by atomic mass is 16.7. The van der Waals surface area contributed by atoms with E-state index >= 15 is 0 Å². The van der Waals surface area contributed by atoms with Crippen LogP contribution < -0.4 is 0 Å². The molecule has 2 aliphatic heterocycles. The molecule has 1 aromatic carbocycles. The number of hydrogen-bond acceptors (Lipinski definition) is 4. The summed E-state index contributed by atoms with van der Waals surface area (Å²) < 4.78 is 24.4. The van der Waals surface area contributed by atoms with E-state index in [2.05, 4.69) is 56.3 Å². The van der Waals surface area contributed by atoms with Crippen molar-refractivity contribution in [3.8, 4) is 0 Å². The van der Waals surface area contributed by atoms with Crippen molar-refractivity contribution >= 4 is 5.57 Å². The minimum Gasteiger partial charge on any atom is -0.380 e. The SMILES string of the molecule is CCC1(COC2(OCC3(CC)COC3)CC=CC=C2c2ccccc2)COC1.